The summed E-state index contributed by atoms with van der Waals surface area (Å²) in [5, 5.41) is 0. The van der Waals surface area contributed by atoms with E-state index in [1.807, 2.05) is 0 Å². The van der Waals surface area contributed by atoms with Gasteiger partial charge in [-0.1, -0.05) is 26.7 Å². The molecule has 3 fully saturated rings. The molecule has 0 saturated heterocycles. The SMILES string of the molecule is CCCC1C2CC(CC3CC3C)C12. The van der Waals surface area contributed by atoms with Gasteiger partial charge in [-0.3, -0.25) is 0 Å². The molecule has 0 radical (unpaired) electrons. The van der Waals surface area contributed by atoms with Gasteiger partial charge in [0.2, 0.25) is 0 Å². The van der Waals surface area contributed by atoms with Crippen molar-refractivity contribution in [2.75, 3.05) is 0 Å². The molecule has 0 heteroatoms. The van der Waals surface area contributed by atoms with Crippen molar-refractivity contribution >= 4 is 0 Å². The van der Waals surface area contributed by atoms with Crippen molar-refractivity contribution in [2.24, 2.45) is 35.5 Å². The van der Waals surface area contributed by atoms with Crippen LogP contribution in [0.4, 0.5) is 0 Å². The van der Waals surface area contributed by atoms with E-state index >= 15 is 0 Å². The average Bonchev–Trinajstić information content (AvgIpc) is 2.87. The zero-order valence-electron chi connectivity index (χ0n) is 9.00. The molecule has 3 rings (SSSR count). The van der Waals surface area contributed by atoms with Gasteiger partial charge < -0.3 is 0 Å². The summed E-state index contributed by atoms with van der Waals surface area (Å²) in [6.45, 7) is 4.77. The van der Waals surface area contributed by atoms with Gasteiger partial charge in [0.25, 0.3) is 0 Å². The monoisotopic (exact) mass is 178 g/mol. The molecule has 3 aliphatic rings. The first-order chi connectivity index (χ1) is 6.31. The molecular weight excluding hydrogens is 156 g/mol. The highest BCUT2D eigenvalue weighted by molar-refractivity contribution is 5.10. The van der Waals surface area contributed by atoms with Crippen LogP contribution in [0.1, 0.15) is 46.0 Å². The van der Waals surface area contributed by atoms with Crippen LogP contribution in [-0.2, 0) is 0 Å². The van der Waals surface area contributed by atoms with Crippen LogP contribution in [0, 0.1) is 35.5 Å². The predicted molar refractivity (Wildman–Crippen MR) is 55.4 cm³/mol. The fourth-order valence-corrected chi connectivity index (χ4v) is 3.93. The second-order valence-electron chi connectivity index (χ2n) is 5.90. The number of rotatable bonds is 4. The fourth-order valence-electron chi connectivity index (χ4n) is 3.93. The first-order valence-electron chi connectivity index (χ1n) is 6.31. The molecule has 6 unspecified atom stereocenters. The largest absolute Gasteiger partial charge is 0.0654 e. The first kappa shape index (κ1) is 8.32. The van der Waals surface area contributed by atoms with E-state index in [1.54, 1.807) is 19.3 Å². The Morgan fingerprint density at radius 2 is 1.92 bits per heavy atom. The highest BCUT2D eigenvalue weighted by Crippen LogP contribution is 2.68. The molecule has 0 aliphatic heterocycles. The molecular formula is C13H22. The standard InChI is InChI=1S/C13H22/c1-3-4-11-12-7-10(13(11)12)6-9-5-8(9)2/h8-13H,3-7H2,1-2H3. The molecule has 0 heterocycles. The molecule has 3 aliphatic carbocycles. The maximum atomic E-state index is 2.43. The summed E-state index contributed by atoms with van der Waals surface area (Å²) in [5.74, 6) is 7.02. The van der Waals surface area contributed by atoms with Crippen LogP contribution < -0.4 is 0 Å². The minimum Gasteiger partial charge on any atom is -0.0654 e. The van der Waals surface area contributed by atoms with Crippen LogP contribution in [0.2, 0.25) is 0 Å². The van der Waals surface area contributed by atoms with Crippen LogP contribution in [-0.4, -0.2) is 0 Å². The summed E-state index contributed by atoms with van der Waals surface area (Å²) in [6, 6.07) is 0. The zero-order valence-corrected chi connectivity index (χ0v) is 9.00. The lowest BCUT2D eigenvalue weighted by Crippen LogP contribution is -2.16. The molecule has 6 atom stereocenters. The summed E-state index contributed by atoms with van der Waals surface area (Å²) < 4.78 is 0. The Labute approximate surface area is 82.1 Å². The second-order valence-corrected chi connectivity index (χ2v) is 5.90. The van der Waals surface area contributed by atoms with Crippen LogP contribution >= 0.6 is 0 Å². The van der Waals surface area contributed by atoms with Crippen LogP contribution in [0.15, 0.2) is 0 Å². The van der Waals surface area contributed by atoms with Crippen LogP contribution in [0.3, 0.4) is 0 Å². The Morgan fingerprint density at radius 1 is 1.15 bits per heavy atom. The molecule has 0 aromatic rings. The van der Waals surface area contributed by atoms with Gasteiger partial charge in [0.1, 0.15) is 0 Å². The molecule has 3 saturated carbocycles. The lowest BCUT2D eigenvalue weighted by Gasteiger charge is -2.24. The van der Waals surface area contributed by atoms with E-state index in [9.17, 15) is 0 Å². The van der Waals surface area contributed by atoms with Crippen molar-refractivity contribution in [2.45, 2.75) is 46.0 Å². The fraction of sp³-hybridized carbons (Fsp3) is 1.00. The van der Waals surface area contributed by atoms with E-state index in [0.717, 1.165) is 11.8 Å². The lowest BCUT2D eigenvalue weighted by atomic mass is 9.81. The van der Waals surface area contributed by atoms with E-state index in [0.29, 0.717) is 0 Å². The van der Waals surface area contributed by atoms with Gasteiger partial charge in [0.15, 0.2) is 0 Å². The molecule has 0 spiro atoms. The molecule has 0 N–H and O–H groups in total. The minimum absolute atomic E-state index is 1.09. The van der Waals surface area contributed by atoms with Gasteiger partial charge in [-0.15, -0.1) is 0 Å². The van der Waals surface area contributed by atoms with E-state index in [2.05, 4.69) is 13.8 Å². The molecule has 0 aromatic heterocycles. The van der Waals surface area contributed by atoms with E-state index in [1.165, 1.54) is 36.5 Å². The third-order valence-electron chi connectivity index (χ3n) is 5.02. The van der Waals surface area contributed by atoms with Crippen molar-refractivity contribution in [3.8, 4) is 0 Å². The number of hydrogen-bond donors (Lipinski definition) is 0. The van der Waals surface area contributed by atoms with E-state index in [4.69, 9.17) is 0 Å². The highest BCUT2D eigenvalue weighted by Gasteiger charge is 2.62. The molecule has 0 amide bonds. The van der Waals surface area contributed by atoms with Crippen molar-refractivity contribution in [3.63, 3.8) is 0 Å². The molecule has 13 heavy (non-hydrogen) atoms. The average molecular weight is 178 g/mol. The smallest absolute Gasteiger partial charge is 0.0323 e. The molecule has 74 valence electrons. The number of hydrogen-bond acceptors (Lipinski definition) is 0. The third kappa shape index (κ3) is 1.25. The Balaban J connectivity index is 1.45. The third-order valence-corrected chi connectivity index (χ3v) is 5.02. The minimum atomic E-state index is 1.09. The maximum Gasteiger partial charge on any atom is -0.0323 e. The number of fused-ring (bicyclic) bond motifs is 1. The summed E-state index contributed by atoms with van der Waals surface area (Å²) in [7, 11) is 0. The van der Waals surface area contributed by atoms with Gasteiger partial charge in [-0.2, -0.15) is 0 Å². The predicted octanol–water partition coefficient (Wildman–Crippen LogP) is 3.71. The van der Waals surface area contributed by atoms with Gasteiger partial charge in [0, 0.05) is 0 Å². The Morgan fingerprint density at radius 3 is 2.54 bits per heavy atom. The highest BCUT2D eigenvalue weighted by atomic mass is 14.7. The molecule has 0 nitrogen and oxygen atoms in total. The van der Waals surface area contributed by atoms with Crippen LogP contribution in [0.5, 0.6) is 0 Å². The zero-order chi connectivity index (χ0) is 9.00. The summed E-state index contributed by atoms with van der Waals surface area (Å²) in [4.78, 5) is 0. The van der Waals surface area contributed by atoms with Crippen molar-refractivity contribution in [1.82, 2.24) is 0 Å². The van der Waals surface area contributed by atoms with Gasteiger partial charge in [-0.05, 0) is 54.8 Å². The normalized spacial score (nSPS) is 56.8. The van der Waals surface area contributed by atoms with E-state index in [-0.39, 0.29) is 0 Å². The lowest BCUT2D eigenvalue weighted by molar-refractivity contribution is 0.254. The van der Waals surface area contributed by atoms with Gasteiger partial charge in [-0.25, -0.2) is 0 Å². The Hall–Kier alpha value is 0. The Bertz CT molecular complexity index is 208. The Kier molecular flexibility index (Phi) is 1.76. The first-order valence-corrected chi connectivity index (χ1v) is 6.31. The van der Waals surface area contributed by atoms with Gasteiger partial charge >= 0.3 is 0 Å². The molecule has 0 bridgehead atoms. The van der Waals surface area contributed by atoms with Crippen molar-refractivity contribution in [3.05, 3.63) is 0 Å². The summed E-state index contributed by atoms with van der Waals surface area (Å²) >= 11 is 0. The van der Waals surface area contributed by atoms with E-state index < -0.39 is 0 Å². The maximum absolute atomic E-state index is 2.43. The van der Waals surface area contributed by atoms with Gasteiger partial charge in [0.05, 0.1) is 0 Å². The second kappa shape index (κ2) is 2.74. The van der Waals surface area contributed by atoms with Crippen molar-refractivity contribution < 1.29 is 0 Å². The summed E-state index contributed by atoms with van der Waals surface area (Å²) in [6.07, 6.45) is 7.71. The van der Waals surface area contributed by atoms with Crippen LogP contribution in [0.25, 0.3) is 0 Å². The van der Waals surface area contributed by atoms with Crippen molar-refractivity contribution in [1.29, 1.82) is 0 Å². The summed E-state index contributed by atoms with van der Waals surface area (Å²) in [5.41, 5.74) is 0. The quantitative estimate of drug-likeness (QED) is 0.615. The topological polar surface area (TPSA) is 0 Å². The molecule has 0 aromatic carbocycles.